The molecule has 1 saturated carbocycles. The lowest BCUT2D eigenvalue weighted by molar-refractivity contribution is 0.628. The van der Waals surface area contributed by atoms with E-state index in [1.807, 2.05) is 11.4 Å². The Bertz CT molecular complexity index is 2240. The maximum Gasteiger partial charge on any atom is 0.237 e. The first kappa shape index (κ1) is 37.2. The minimum atomic E-state index is -0.110. The summed E-state index contributed by atoms with van der Waals surface area (Å²) in [7, 11) is 0. The van der Waals surface area contributed by atoms with Crippen LogP contribution in [0.15, 0.2) is 155 Å². The molecule has 0 saturated heterocycles. The van der Waals surface area contributed by atoms with Gasteiger partial charge in [-0.25, -0.2) is 0 Å². The molecule has 2 aliphatic heterocycles. The number of nitrogens with zero attached hydrogens (tertiary/aromatic N) is 2. The highest BCUT2D eigenvalue weighted by molar-refractivity contribution is 7.79. The zero-order valence-corrected chi connectivity index (χ0v) is 34.6. The smallest absolute Gasteiger partial charge is 0.237 e. The molecular formula is C52H57N2S+. The third-order valence-corrected chi connectivity index (χ3v) is 13.5. The molecule has 0 atom stereocenters. The van der Waals surface area contributed by atoms with Gasteiger partial charge in [0.1, 0.15) is 0 Å². The number of fused-ring (bicyclic) bond motifs is 6. The van der Waals surface area contributed by atoms with Crippen LogP contribution in [0.2, 0.25) is 0 Å². The number of anilines is 2. The highest BCUT2D eigenvalue weighted by atomic mass is 32.1. The van der Waals surface area contributed by atoms with Crippen molar-refractivity contribution in [3.05, 3.63) is 161 Å². The predicted octanol–water partition coefficient (Wildman–Crippen LogP) is 13.6. The van der Waals surface area contributed by atoms with E-state index in [4.69, 9.17) is 0 Å². The van der Waals surface area contributed by atoms with E-state index in [-0.39, 0.29) is 10.8 Å². The molecule has 2 nitrogen and oxygen atoms in total. The molecular weight excluding hydrogens is 685 g/mol. The average molecular weight is 742 g/mol. The van der Waals surface area contributed by atoms with Crippen molar-refractivity contribution >= 4 is 49.1 Å². The number of rotatable bonds is 9. The highest BCUT2D eigenvalue weighted by Crippen LogP contribution is 2.52. The summed E-state index contributed by atoms with van der Waals surface area (Å²) in [5.74, 6) is 0. The molecule has 5 aromatic rings. The summed E-state index contributed by atoms with van der Waals surface area (Å²) in [6.07, 6.45) is 18.0. The van der Waals surface area contributed by atoms with E-state index in [0.29, 0.717) is 0 Å². The van der Waals surface area contributed by atoms with Crippen LogP contribution >= 0.6 is 0 Å². The molecule has 1 aliphatic carbocycles. The summed E-state index contributed by atoms with van der Waals surface area (Å²) in [5, 5.41) is 5.41. The van der Waals surface area contributed by atoms with Crippen molar-refractivity contribution in [3.8, 4) is 0 Å². The Hall–Kier alpha value is -4.73. The second-order valence-electron chi connectivity index (χ2n) is 16.7. The SMILES string of the molecule is CCCCN1C(=C/C=C2\CCC/C(=C\C=C3\N(CCCC)c4ccc5ccccc5c4C3(C)C)C2=[S+]c2ccccc2)C(C)(C)c2c1ccc1ccccc21. The van der Waals surface area contributed by atoms with Gasteiger partial charge in [-0.3, -0.25) is 0 Å². The highest BCUT2D eigenvalue weighted by Gasteiger charge is 2.42. The lowest BCUT2D eigenvalue weighted by Crippen LogP contribution is -2.27. The first-order valence-electron chi connectivity index (χ1n) is 20.8. The molecule has 3 heteroatoms. The summed E-state index contributed by atoms with van der Waals surface area (Å²) < 4.78 is 0. The molecule has 55 heavy (non-hydrogen) atoms. The summed E-state index contributed by atoms with van der Waals surface area (Å²) in [6, 6.07) is 38.2. The third-order valence-electron chi connectivity index (χ3n) is 12.3. The van der Waals surface area contributed by atoms with Crippen LogP contribution in [0, 0.1) is 0 Å². The lowest BCUT2D eigenvalue weighted by Gasteiger charge is -2.27. The standard InChI is InChI=1S/C52H57N2S/c1-7-9-35-53-44-31-27-37-19-14-16-25-42(37)48(44)51(3,4)46(53)33-29-39-21-18-22-40(50(39)55-41-23-12-11-13-24-41)30-34-47-52(5,6)49-43-26-17-15-20-38(43)28-32-45(49)54(47)36-10-8-2/h11-17,19-20,23-34H,7-10,18,21-22,35-36H2,1-6H3/q+1/b39-29+,40-30+,46-33+,47-34?. The van der Waals surface area contributed by atoms with Gasteiger partial charge in [0.05, 0.1) is 0 Å². The largest absolute Gasteiger partial charge is 0.344 e. The molecule has 0 aromatic heterocycles. The fraction of sp³-hybridized carbons (Fsp3) is 0.327. The minimum Gasteiger partial charge on any atom is -0.344 e. The van der Waals surface area contributed by atoms with E-state index >= 15 is 0 Å². The zero-order chi connectivity index (χ0) is 38.2. The Labute approximate surface area is 333 Å². The number of hydrogen-bond donors (Lipinski definition) is 0. The van der Waals surface area contributed by atoms with E-state index in [1.165, 1.54) is 102 Å². The fourth-order valence-corrected chi connectivity index (χ4v) is 10.6. The van der Waals surface area contributed by atoms with Gasteiger partial charge in [-0.15, -0.1) is 0 Å². The molecule has 3 aliphatic rings. The van der Waals surface area contributed by atoms with Crippen molar-refractivity contribution < 1.29 is 0 Å². The maximum atomic E-state index is 2.63. The number of hydrogen-bond acceptors (Lipinski definition) is 2. The van der Waals surface area contributed by atoms with Gasteiger partial charge >= 0.3 is 0 Å². The van der Waals surface area contributed by atoms with Gasteiger partial charge < -0.3 is 9.80 Å². The van der Waals surface area contributed by atoms with Crippen LogP contribution in [-0.4, -0.2) is 18.0 Å². The topological polar surface area (TPSA) is 6.48 Å². The van der Waals surface area contributed by atoms with E-state index in [0.717, 1.165) is 32.4 Å². The number of allylic oxidation sites excluding steroid dienone is 8. The summed E-state index contributed by atoms with van der Waals surface area (Å²) in [6.45, 7) is 16.4. The summed E-state index contributed by atoms with van der Waals surface area (Å²) >= 11 is 1.95. The molecule has 8 rings (SSSR count). The maximum absolute atomic E-state index is 2.63. The molecule has 280 valence electrons. The second kappa shape index (κ2) is 15.4. The molecule has 5 aromatic carbocycles. The lowest BCUT2D eigenvalue weighted by atomic mass is 9.80. The zero-order valence-electron chi connectivity index (χ0n) is 33.8. The van der Waals surface area contributed by atoms with Gasteiger partial charge in [-0.05, 0) is 89.1 Å². The molecule has 2 heterocycles. The molecule has 0 spiro atoms. The Morgan fingerprint density at radius 1 is 0.545 bits per heavy atom. The van der Waals surface area contributed by atoms with Crippen molar-refractivity contribution in [2.75, 3.05) is 22.9 Å². The van der Waals surface area contributed by atoms with Crippen molar-refractivity contribution in [2.45, 2.75) is 102 Å². The summed E-state index contributed by atoms with van der Waals surface area (Å²) in [4.78, 5) is 7.98. The Balaban J connectivity index is 1.24. The van der Waals surface area contributed by atoms with Crippen molar-refractivity contribution in [2.24, 2.45) is 0 Å². The average Bonchev–Trinajstić information content (AvgIpc) is 3.56. The first-order valence-corrected chi connectivity index (χ1v) is 21.6. The van der Waals surface area contributed by atoms with Crippen LogP contribution in [0.25, 0.3) is 21.5 Å². The first-order chi connectivity index (χ1) is 26.7. The van der Waals surface area contributed by atoms with Crippen LogP contribution in [0.3, 0.4) is 0 Å². The van der Waals surface area contributed by atoms with E-state index < -0.39 is 0 Å². The molecule has 0 amide bonds. The van der Waals surface area contributed by atoms with Crippen LogP contribution < -0.4 is 9.80 Å². The van der Waals surface area contributed by atoms with Crippen LogP contribution in [-0.2, 0) is 22.2 Å². The van der Waals surface area contributed by atoms with Crippen LogP contribution in [0.5, 0.6) is 0 Å². The van der Waals surface area contributed by atoms with Gasteiger partial charge in [-0.1, -0.05) is 145 Å². The number of unbranched alkanes of at least 4 members (excludes halogenated alkanes) is 2. The van der Waals surface area contributed by atoms with Gasteiger partial charge in [0.25, 0.3) is 0 Å². The van der Waals surface area contributed by atoms with Gasteiger partial charge in [0.15, 0.2) is 0 Å². The molecule has 0 N–H and O–H groups in total. The Kier molecular flexibility index (Phi) is 10.4. The minimum absolute atomic E-state index is 0.110. The Morgan fingerprint density at radius 3 is 1.47 bits per heavy atom. The van der Waals surface area contributed by atoms with Gasteiger partial charge in [0, 0.05) is 70.0 Å². The second-order valence-corrected chi connectivity index (χ2v) is 17.8. The van der Waals surface area contributed by atoms with Crippen molar-refractivity contribution in [3.63, 3.8) is 0 Å². The third kappa shape index (κ3) is 6.80. The Morgan fingerprint density at radius 2 is 1.00 bits per heavy atom. The molecule has 0 unspecified atom stereocenters. The molecule has 1 fully saturated rings. The normalized spacial score (nSPS) is 21.2. The van der Waals surface area contributed by atoms with Crippen LogP contribution in [0.4, 0.5) is 11.4 Å². The molecule has 0 bridgehead atoms. The van der Waals surface area contributed by atoms with Crippen LogP contribution in [0.1, 0.15) is 97.6 Å². The van der Waals surface area contributed by atoms with E-state index in [1.54, 1.807) is 0 Å². The van der Waals surface area contributed by atoms with Crippen molar-refractivity contribution in [1.82, 2.24) is 0 Å². The van der Waals surface area contributed by atoms with Crippen molar-refractivity contribution in [1.29, 1.82) is 0 Å². The summed E-state index contributed by atoms with van der Waals surface area (Å²) in [5.41, 5.74) is 11.2. The molecule has 0 radical (unpaired) electrons. The van der Waals surface area contributed by atoms with E-state index in [2.05, 4.69) is 179 Å². The van der Waals surface area contributed by atoms with Gasteiger partial charge in [-0.2, -0.15) is 0 Å². The quantitative estimate of drug-likeness (QED) is 0.0843. The number of benzene rings is 5. The van der Waals surface area contributed by atoms with Gasteiger partial charge in [0.2, 0.25) is 21.1 Å². The predicted molar refractivity (Wildman–Crippen MR) is 242 cm³/mol. The van der Waals surface area contributed by atoms with E-state index in [9.17, 15) is 0 Å². The fourth-order valence-electron chi connectivity index (χ4n) is 9.50. The monoisotopic (exact) mass is 741 g/mol.